The van der Waals surface area contributed by atoms with Crippen LogP contribution in [0.3, 0.4) is 0 Å². The van der Waals surface area contributed by atoms with E-state index in [1.807, 2.05) is 11.0 Å². The second-order valence-electron chi connectivity index (χ2n) is 8.98. The quantitative estimate of drug-likeness (QED) is 0.657. The van der Waals surface area contributed by atoms with Crippen LogP contribution in [0.1, 0.15) is 68.6 Å². The lowest BCUT2D eigenvalue weighted by Gasteiger charge is -2.45. The Morgan fingerprint density at radius 2 is 2.14 bits per heavy atom. The Hall–Kier alpha value is -1.40. The number of carbonyl (C=O) groups is 1. The molecular weight excluding hydrogens is 352 g/mol. The summed E-state index contributed by atoms with van der Waals surface area (Å²) in [6.07, 6.45) is 8.21. The smallest absolute Gasteiger partial charge is 0.274 e. The lowest BCUT2D eigenvalue weighted by molar-refractivity contribution is 0.0344. The Balaban J connectivity index is 1.68. The molecule has 0 radical (unpaired) electrons. The highest BCUT2D eigenvalue weighted by Crippen LogP contribution is 2.31. The van der Waals surface area contributed by atoms with Gasteiger partial charge < -0.3 is 14.5 Å². The van der Waals surface area contributed by atoms with Crippen molar-refractivity contribution in [1.82, 2.24) is 20.0 Å². The van der Waals surface area contributed by atoms with E-state index in [1.54, 1.807) is 7.11 Å². The zero-order valence-corrected chi connectivity index (χ0v) is 18.0. The SMILES string of the molecule is COCCCN(C[C@H]1CCCN2CCCC[C@H]12)C(=O)c1cc(CC(C)C)[nH]n1. The van der Waals surface area contributed by atoms with Gasteiger partial charge in [-0.25, -0.2) is 0 Å². The van der Waals surface area contributed by atoms with E-state index in [2.05, 4.69) is 28.9 Å². The van der Waals surface area contributed by atoms with Gasteiger partial charge in [0, 0.05) is 38.5 Å². The summed E-state index contributed by atoms with van der Waals surface area (Å²) in [5.41, 5.74) is 1.61. The fourth-order valence-corrected chi connectivity index (χ4v) is 4.93. The summed E-state index contributed by atoms with van der Waals surface area (Å²) in [5, 5.41) is 7.39. The molecule has 2 atom stereocenters. The number of nitrogens with one attached hydrogen (secondary N) is 1. The third-order valence-corrected chi connectivity index (χ3v) is 6.23. The Morgan fingerprint density at radius 3 is 2.93 bits per heavy atom. The number of nitrogens with zero attached hydrogens (tertiary/aromatic N) is 3. The normalized spacial score (nSPS) is 23.0. The Bertz CT molecular complexity index is 613. The molecule has 1 amide bonds. The van der Waals surface area contributed by atoms with Gasteiger partial charge in [0.1, 0.15) is 5.69 Å². The van der Waals surface area contributed by atoms with Gasteiger partial charge in [0.15, 0.2) is 0 Å². The van der Waals surface area contributed by atoms with E-state index in [4.69, 9.17) is 4.74 Å². The number of hydrogen-bond acceptors (Lipinski definition) is 4. The number of ether oxygens (including phenoxy) is 1. The Kier molecular flexibility index (Phi) is 7.91. The minimum atomic E-state index is 0.0651. The van der Waals surface area contributed by atoms with Crippen molar-refractivity contribution in [3.63, 3.8) is 0 Å². The van der Waals surface area contributed by atoms with Crippen molar-refractivity contribution in [3.8, 4) is 0 Å². The van der Waals surface area contributed by atoms with Crippen molar-refractivity contribution in [3.05, 3.63) is 17.5 Å². The molecule has 1 aromatic rings. The molecule has 0 saturated carbocycles. The summed E-state index contributed by atoms with van der Waals surface area (Å²) in [6.45, 7) is 9.09. The highest BCUT2D eigenvalue weighted by Gasteiger charge is 2.35. The fraction of sp³-hybridized carbons (Fsp3) is 0.818. The van der Waals surface area contributed by atoms with Crippen molar-refractivity contribution >= 4 is 5.91 Å². The molecule has 28 heavy (non-hydrogen) atoms. The molecule has 2 aliphatic heterocycles. The number of H-pyrrole nitrogens is 1. The molecule has 2 saturated heterocycles. The number of hydrogen-bond donors (Lipinski definition) is 1. The molecule has 2 aliphatic rings. The molecule has 0 unspecified atom stereocenters. The third-order valence-electron chi connectivity index (χ3n) is 6.23. The van der Waals surface area contributed by atoms with E-state index in [1.165, 1.54) is 45.2 Å². The van der Waals surface area contributed by atoms with E-state index in [9.17, 15) is 4.79 Å². The van der Waals surface area contributed by atoms with Gasteiger partial charge in [-0.15, -0.1) is 0 Å². The van der Waals surface area contributed by atoms with Crippen LogP contribution in [-0.2, 0) is 11.2 Å². The van der Waals surface area contributed by atoms with Gasteiger partial charge in [-0.05, 0) is 69.5 Å². The van der Waals surface area contributed by atoms with Crippen LogP contribution in [0.15, 0.2) is 6.07 Å². The highest BCUT2D eigenvalue weighted by atomic mass is 16.5. The van der Waals surface area contributed by atoms with E-state index < -0.39 is 0 Å². The monoisotopic (exact) mass is 390 g/mol. The van der Waals surface area contributed by atoms with Crippen LogP contribution in [0.2, 0.25) is 0 Å². The van der Waals surface area contributed by atoms with Crippen molar-refractivity contribution in [1.29, 1.82) is 0 Å². The molecule has 0 spiro atoms. The van der Waals surface area contributed by atoms with Crippen LogP contribution in [-0.4, -0.2) is 71.8 Å². The van der Waals surface area contributed by atoms with Gasteiger partial charge in [-0.1, -0.05) is 20.3 Å². The summed E-state index contributed by atoms with van der Waals surface area (Å²) >= 11 is 0. The summed E-state index contributed by atoms with van der Waals surface area (Å²) < 4.78 is 5.23. The summed E-state index contributed by atoms with van der Waals surface area (Å²) in [5.74, 6) is 1.19. The number of aromatic amines is 1. The van der Waals surface area contributed by atoms with E-state index >= 15 is 0 Å². The Labute approximate surface area is 170 Å². The maximum Gasteiger partial charge on any atom is 0.274 e. The number of carbonyl (C=O) groups excluding carboxylic acids is 1. The maximum atomic E-state index is 13.3. The van der Waals surface area contributed by atoms with Gasteiger partial charge in [-0.3, -0.25) is 9.89 Å². The molecule has 3 rings (SSSR count). The molecule has 0 aromatic carbocycles. The van der Waals surface area contributed by atoms with Crippen molar-refractivity contribution in [2.24, 2.45) is 11.8 Å². The van der Waals surface area contributed by atoms with Crippen LogP contribution in [0.4, 0.5) is 0 Å². The molecule has 3 heterocycles. The zero-order chi connectivity index (χ0) is 19.9. The van der Waals surface area contributed by atoms with Gasteiger partial charge in [0.25, 0.3) is 5.91 Å². The van der Waals surface area contributed by atoms with Crippen LogP contribution in [0.5, 0.6) is 0 Å². The van der Waals surface area contributed by atoms with Gasteiger partial charge in [0.05, 0.1) is 0 Å². The average molecular weight is 391 g/mol. The van der Waals surface area contributed by atoms with Gasteiger partial charge in [0.2, 0.25) is 0 Å². The topological polar surface area (TPSA) is 61.5 Å². The van der Waals surface area contributed by atoms with Crippen LogP contribution in [0.25, 0.3) is 0 Å². The first kappa shape index (κ1) is 21.3. The average Bonchev–Trinajstić information content (AvgIpc) is 3.14. The number of fused-ring (bicyclic) bond motifs is 1. The second-order valence-corrected chi connectivity index (χ2v) is 8.98. The van der Waals surface area contributed by atoms with E-state index in [0.717, 1.165) is 31.6 Å². The highest BCUT2D eigenvalue weighted by molar-refractivity contribution is 5.92. The minimum absolute atomic E-state index is 0.0651. The summed E-state index contributed by atoms with van der Waals surface area (Å²) in [6, 6.07) is 2.59. The molecule has 6 nitrogen and oxygen atoms in total. The predicted molar refractivity (Wildman–Crippen MR) is 111 cm³/mol. The maximum absolute atomic E-state index is 13.3. The predicted octanol–water partition coefficient (Wildman–Crippen LogP) is 3.35. The molecule has 2 fully saturated rings. The standard InChI is InChI=1S/C22H38N4O2/c1-17(2)14-19-15-20(24-23-19)22(27)26(12-7-13-28-3)16-18-8-6-11-25-10-5-4-9-21(18)25/h15,17-18,21H,4-14,16H2,1-3H3,(H,23,24)/t18-,21-/m1/s1. The molecule has 158 valence electrons. The van der Waals surface area contributed by atoms with Crippen molar-refractivity contribution < 1.29 is 9.53 Å². The summed E-state index contributed by atoms with van der Waals surface area (Å²) in [7, 11) is 1.72. The first-order valence-corrected chi connectivity index (χ1v) is 11.1. The van der Waals surface area contributed by atoms with Crippen LogP contribution < -0.4 is 0 Å². The van der Waals surface area contributed by atoms with Gasteiger partial charge in [-0.2, -0.15) is 5.10 Å². The van der Waals surface area contributed by atoms with E-state index in [0.29, 0.717) is 30.2 Å². The number of piperidine rings is 2. The van der Waals surface area contributed by atoms with Crippen LogP contribution in [0, 0.1) is 11.8 Å². The number of aromatic nitrogens is 2. The van der Waals surface area contributed by atoms with Crippen LogP contribution >= 0.6 is 0 Å². The molecule has 0 aliphatic carbocycles. The van der Waals surface area contributed by atoms with Crippen molar-refractivity contribution in [2.45, 2.75) is 64.8 Å². The lowest BCUT2D eigenvalue weighted by atomic mass is 9.83. The second kappa shape index (κ2) is 10.4. The number of methoxy groups -OCH3 is 1. The molecule has 1 aromatic heterocycles. The zero-order valence-electron chi connectivity index (χ0n) is 18.0. The fourth-order valence-electron chi connectivity index (χ4n) is 4.93. The van der Waals surface area contributed by atoms with Gasteiger partial charge >= 0.3 is 0 Å². The molecule has 0 bridgehead atoms. The number of amides is 1. The van der Waals surface area contributed by atoms with Crippen molar-refractivity contribution in [2.75, 3.05) is 39.9 Å². The third kappa shape index (κ3) is 5.57. The lowest BCUT2D eigenvalue weighted by Crippen LogP contribution is -2.51. The summed E-state index contributed by atoms with van der Waals surface area (Å²) in [4.78, 5) is 18.0. The molecular formula is C22H38N4O2. The first-order chi connectivity index (χ1) is 13.6. The largest absolute Gasteiger partial charge is 0.385 e. The number of rotatable bonds is 9. The van der Waals surface area contributed by atoms with E-state index in [-0.39, 0.29) is 5.91 Å². The minimum Gasteiger partial charge on any atom is -0.385 e. The molecule has 1 N–H and O–H groups in total. The Morgan fingerprint density at radius 1 is 1.32 bits per heavy atom. The molecule has 6 heteroatoms. The first-order valence-electron chi connectivity index (χ1n) is 11.1.